The molecule has 0 saturated heterocycles. The average molecular weight is 166 g/mol. The molecule has 0 aliphatic rings. The van der Waals surface area contributed by atoms with E-state index in [4.69, 9.17) is 5.11 Å². The van der Waals surface area contributed by atoms with Gasteiger partial charge in [0, 0.05) is 13.0 Å². The minimum atomic E-state index is -2.58. The molecule has 1 unspecified atom stereocenters. The van der Waals surface area contributed by atoms with Gasteiger partial charge in [-0.05, 0) is 19.3 Å². The van der Waals surface area contributed by atoms with Crippen molar-refractivity contribution in [2.45, 2.75) is 39.0 Å². The molecule has 0 amide bonds. The molecule has 0 rings (SSSR count). The van der Waals surface area contributed by atoms with Crippen molar-refractivity contribution < 1.29 is 13.9 Å². The van der Waals surface area contributed by atoms with Crippen LogP contribution in [0, 0.1) is 5.92 Å². The zero-order valence-electron chi connectivity index (χ0n) is 7.11. The summed E-state index contributed by atoms with van der Waals surface area (Å²) >= 11 is 0. The van der Waals surface area contributed by atoms with Crippen molar-refractivity contribution in [1.29, 1.82) is 0 Å². The van der Waals surface area contributed by atoms with Crippen molar-refractivity contribution in [3.05, 3.63) is 0 Å². The molecule has 0 aliphatic carbocycles. The van der Waals surface area contributed by atoms with Crippen LogP contribution in [0.4, 0.5) is 8.78 Å². The summed E-state index contributed by atoms with van der Waals surface area (Å²) in [7, 11) is 0. The van der Waals surface area contributed by atoms with Gasteiger partial charge in [-0.15, -0.1) is 0 Å². The Labute approximate surface area is 66.4 Å². The van der Waals surface area contributed by atoms with Gasteiger partial charge in [0.25, 0.3) is 0 Å². The third kappa shape index (κ3) is 6.23. The third-order valence-corrected chi connectivity index (χ3v) is 1.83. The summed E-state index contributed by atoms with van der Waals surface area (Å²) in [5.74, 6) is -2.54. The van der Waals surface area contributed by atoms with Crippen molar-refractivity contribution in [3.8, 4) is 0 Å². The van der Waals surface area contributed by atoms with Crippen molar-refractivity contribution in [2.75, 3.05) is 6.61 Å². The number of rotatable bonds is 5. The van der Waals surface area contributed by atoms with E-state index >= 15 is 0 Å². The van der Waals surface area contributed by atoms with Crippen LogP contribution in [-0.4, -0.2) is 17.6 Å². The first kappa shape index (κ1) is 10.8. The number of alkyl halides is 2. The molecule has 11 heavy (non-hydrogen) atoms. The first-order valence-corrected chi connectivity index (χ1v) is 3.98. The minimum Gasteiger partial charge on any atom is -0.396 e. The van der Waals surface area contributed by atoms with Gasteiger partial charge >= 0.3 is 0 Å². The molecule has 0 bridgehead atoms. The fraction of sp³-hybridized carbons (Fsp3) is 1.00. The molecule has 0 spiro atoms. The lowest BCUT2D eigenvalue weighted by Gasteiger charge is -2.14. The molecule has 1 nitrogen and oxygen atoms in total. The van der Waals surface area contributed by atoms with Crippen LogP contribution < -0.4 is 0 Å². The molecular formula is C8H16F2O. The molecule has 3 heteroatoms. The lowest BCUT2D eigenvalue weighted by atomic mass is 9.99. The van der Waals surface area contributed by atoms with Gasteiger partial charge in [0.1, 0.15) is 0 Å². The lowest BCUT2D eigenvalue weighted by molar-refractivity contribution is 0.00401. The highest BCUT2D eigenvalue weighted by Gasteiger charge is 2.21. The summed E-state index contributed by atoms with van der Waals surface area (Å²) in [4.78, 5) is 0. The first-order chi connectivity index (χ1) is 4.99. The summed E-state index contributed by atoms with van der Waals surface area (Å²) in [6, 6.07) is 0. The monoisotopic (exact) mass is 166 g/mol. The summed E-state index contributed by atoms with van der Waals surface area (Å²) in [6.07, 6.45) is 1.06. The number of hydrogen-bond donors (Lipinski definition) is 1. The molecule has 0 aromatic rings. The molecule has 0 radical (unpaired) electrons. The summed E-state index contributed by atoms with van der Waals surface area (Å²) in [5.41, 5.74) is 0. The summed E-state index contributed by atoms with van der Waals surface area (Å²) in [6.45, 7) is 2.83. The minimum absolute atomic E-state index is 0.0204. The maximum atomic E-state index is 12.3. The second kappa shape index (κ2) is 4.65. The Morgan fingerprint density at radius 1 is 1.45 bits per heavy atom. The summed E-state index contributed by atoms with van der Waals surface area (Å²) < 4.78 is 24.5. The van der Waals surface area contributed by atoms with Gasteiger partial charge in [-0.1, -0.05) is 13.3 Å². The Balaban J connectivity index is 3.51. The quantitative estimate of drug-likeness (QED) is 0.665. The number of halogens is 2. The fourth-order valence-electron chi connectivity index (χ4n) is 0.882. The molecule has 68 valence electrons. The highest BCUT2D eigenvalue weighted by molar-refractivity contribution is 4.63. The smallest absolute Gasteiger partial charge is 0.245 e. The van der Waals surface area contributed by atoms with E-state index in [9.17, 15) is 8.78 Å². The Morgan fingerprint density at radius 3 is 2.27 bits per heavy atom. The van der Waals surface area contributed by atoms with E-state index in [-0.39, 0.29) is 18.9 Å². The van der Waals surface area contributed by atoms with Crippen molar-refractivity contribution >= 4 is 0 Å². The van der Waals surface area contributed by atoms with Gasteiger partial charge in [0.2, 0.25) is 5.92 Å². The van der Waals surface area contributed by atoms with Crippen LogP contribution in [0.5, 0.6) is 0 Å². The highest BCUT2D eigenvalue weighted by atomic mass is 19.3. The van der Waals surface area contributed by atoms with Crippen LogP contribution in [0.3, 0.4) is 0 Å². The molecule has 1 N–H and O–H groups in total. The first-order valence-electron chi connectivity index (χ1n) is 3.98. The Bertz CT molecular complexity index is 94.8. The van der Waals surface area contributed by atoms with Crippen molar-refractivity contribution in [3.63, 3.8) is 0 Å². The van der Waals surface area contributed by atoms with Gasteiger partial charge in [-0.2, -0.15) is 0 Å². The van der Waals surface area contributed by atoms with Gasteiger partial charge in [-0.3, -0.25) is 0 Å². The van der Waals surface area contributed by atoms with Crippen LogP contribution in [0.2, 0.25) is 0 Å². The number of aliphatic hydroxyl groups excluding tert-OH is 1. The maximum absolute atomic E-state index is 12.3. The van der Waals surface area contributed by atoms with E-state index in [2.05, 4.69) is 0 Å². The van der Waals surface area contributed by atoms with Crippen LogP contribution in [-0.2, 0) is 0 Å². The highest BCUT2D eigenvalue weighted by Crippen LogP contribution is 2.22. The van der Waals surface area contributed by atoms with Gasteiger partial charge in [0.15, 0.2) is 0 Å². The van der Waals surface area contributed by atoms with Gasteiger partial charge < -0.3 is 5.11 Å². The van der Waals surface area contributed by atoms with E-state index < -0.39 is 5.92 Å². The molecule has 0 aromatic carbocycles. The Kier molecular flexibility index (Phi) is 4.57. The van der Waals surface area contributed by atoms with E-state index in [0.717, 1.165) is 13.3 Å². The number of hydrogen-bond acceptors (Lipinski definition) is 1. The van der Waals surface area contributed by atoms with E-state index in [1.54, 1.807) is 0 Å². The van der Waals surface area contributed by atoms with Crippen molar-refractivity contribution in [2.24, 2.45) is 5.92 Å². The van der Waals surface area contributed by atoms with Gasteiger partial charge in [-0.25, -0.2) is 8.78 Å². The Morgan fingerprint density at radius 2 is 2.00 bits per heavy atom. The molecule has 0 fully saturated rings. The van der Waals surface area contributed by atoms with Gasteiger partial charge in [0.05, 0.1) is 0 Å². The van der Waals surface area contributed by atoms with Crippen molar-refractivity contribution in [1.82, 2.24) is 0 Å². The molecule has 0 aliphatic heterocycles. The second-order valence-corrected chi connectivity index (χ2v) is 3.07. The maximum Gasteiger partial charge on any atom is 0.245 e. The number of aliphatic hydroxyl groups is 1. The molecule has 1 atom stereocenters. The predicted molar refractivity (Wildman–Crippen MR) is 40.7 cm³/mol. The van der Waals surface area contributed by atoms with Crippen LogP contribution >= 0.6 is 0 Å². The van der Waals surface area contributed by atoms with Crippen LogP contribution in [0.25, 0.3) is 0 Å². The van der Waals surface area contributed by atoms with Crippen LogP contribution in [0.1, 0.15) is 33.1 Å². The normalized spacial score (nSPS) is 15.0. The fourth-order valence-corrected chi connectivity index (χ4v) is 0.882. The SMILES string of the molecule is CCC(CO)CCC(C)(F)F. The molecule has 0 aromatic heterocycles. The van der Waals surface area contributed by atoms with E-state index in [1.165, 1.54) is 0 Å². The topological polar surface area (TPSA) is 20.2 Å². The largest absolute Gasteiger partial charge is 0.396 e. The Hall–Kier alpha value is -0.180. The third-order valence-electron chi connectivity index (χ3n) is 1.83. The zero-order chi connectivity index (χ0) is 8.91. The van der Waals surface area contributed by atoms with E-state index in [1.807, 2.05) is 6.92 Å². The molecule has 0 heterocycles. The average Bonchev–Trinajstić information content (AvgIpc) is 1.88. The second-order valence-electron chi connectivity index (χ2n) is 3.07. The predicted octanol–water partition coefficient (Wildman–Crippen LogP) is 2.44. The van der Waals surface area contributed by atoms with E-state index in [0.29, 0.717) is 6.42 Å². The summed E-state index contributed by atoms with van der Waals surface area (Å²) in [5, 5.41) is 8.68. The lowest BCUT2D eigenvalue weighted by Crippen LogP contribution is -2.14. The zero-order valence-corrected chi connectivity index (χ0v) is 7.11. The molecular weight excluding hydrogens is 150 g/mol. The molecule has 0 saturated carbocycles. The van der Waals surface area contributed by atoms with Crippen LogP contribution in [0.15, 0.2) is 0 Å². The standard InChI is InChI=1S/C8H16F2O/c1-3-7(6-11)4-5-8(2,9)10/h7,11H,3-6H2,1-2H3.